The fourth-order valence-electron chi connectivity index (χ4n) is 3.11. The number of carbonyl (C=O) groups excluding carboxylic acids is 1. The second kappa shape index (κ2) is 10.8. The van der Waals surface area contributed by atoms with E-state index in [0.29, 0.717) is 34.6 Å². The van der Waals surface area contributed by atoms with Crippen molar-refractivity contribution in [2.45, 2.75) is 45.8 Å². The van der Waals surface area contributed by atoms with Gasteiger partial charge in [0.1, 0.15) is 5.75 Å². The van der Waals surface area contributed by atoms with Crippen LogP contribution in [0.5, 0.6) is 5.75 Å². The third-order valence-corrected chi connectivity index (χ3v) is 5.18. The van der Waals surface area contributed by atoms with Crippen molar-refractivity contribution in [1.82, 2.24) is 0 Å². The van der Waals surface area contributed by atoms with Gasteiger partial charge in [0.15, 0.2) is 11.7 Å². The molecule has 2 rings (SSSR count). The van der Waals surface area contributed by atoms with Crippen molar-refractivity contribution in [3.8, 4) is 5.75 Å². The van der Waals surface area contributed by atoms with Crippen LogP contribution in [-0.2, 0) is 20.7 Å². The van der Waals surface area contributed by atoms with Crippen LogP contribution in [0.3, 0.4) is 0 Å². The van der Waals surface area contributed by atoms with Gasteiger partial charge in [0.05, 0.1) is 10.7 Å². The molecule has 0 aromatic heterocycles. The van der Waals surface area contributed by atoms with E-state index in [-0.39, 0.29) is 12.3 Å². The molecule has 1 atom stereocenters. The molecule has 0 saturated heterocycles. The number of anilines is 1. The maximum atomic E-state index is 13.2. The summed E-state index contributed by atoms with van der Waals surface area (Å²) in [6.45, 7) is 7.70. The predicted octanol–water partition coefficient (Wildman–Crippen LogP) is 5.24. The average molecular weight is 468 g/mol. The van der Waals surface area contributed by atoms with Crippen LogP contribution in [0.1, 0.15) is 33.3 Å². The molecule has 0 bridgehead atoms. The Bertz CT molecular complexity index is 915. The maximum absolute atomic E-state index is 13.2. The summed E-state index contributed by atoms with van der Waals surface area (Å²) in [6.07, 6.45) is -0.665. The Morgan fingerprint density at radius 3 is 2.26 bits per heavy atom. The van der Waals surface area contributed by atoms with Crippen LogP contribution in [0.15, 0.2) is 42.5 Å². The lowest BCUT2D eigenvalue weighted by molar-refractivity contribution is -0.150. The number of rotatable bonds is 10. The van der Waals surface area contributed by atoms with Crippen molar-refractivity contribution in [2.24, 2.45) is 0 Å². The van der Waals surface area contributed by atoms with Crippen LogP contribution in [-0.4, -0.2) is 41.8 Å². The van der Waals surface area contributed by atoms with Gasteiger partial charge in [-0.1, -0.05) is 35.3 Å². The molecule has 2 aromatic rings. The van der Waals surface area contributed by atoms with E-state index in [1.807, 2.05) is 6.92 Å². The Labute approximate surface area is 192 Å². The molecule has 8 heteroatoms. The van der Waals surface area contributed by atoms with Gasteiger partial charge in [0.25, 0.3) is 5.91 Å². The molecule has 6 nitrogen and oxygen atoms in total. The first-order valence-electron chi connectivity index (χ1n) is 9.98. The molecule has 0 aliphatic carbocycles. The fourth-order valence-corrected chi connectivity index (χ4v) is 3.62. The zero-order valence-corrected chi connectivity index (χ0v) is 19.5. The largest absolute Gasteiger partial charge is 0.479 e. The first kappa shape index (κ1) is 25.0. The minimum atomic E-state index is -1.17. The Morgan fingerprint density at radius 2 is 1.74 bits per heavy atom. The smallest absolute Gasteiger partial charge is 0.333 e. The zero-order chi connectivity index (χ0) is 23.2. The summed E-state index contributed by atoms with van der Waals surface area (Å²) >= 11 is 12.3. The molecule has 31 heavy (non-hydrogen) atoms. The molecule has 168 valence electrons. The average Bonchev–Trinajstić information content (AvgIpc) is 2.70. The third-order valence-electron chi connectivity index (χ3n) is 4.64. The van der Waals surface area contributed by atoms with E-state index in [1.165, 1.54) is 0 Å². The third kappa shape index (κ3) is 6.60. The molecule has 0 aliphatic heterocycles. The van der Waals surface area contributed by atoms with Crippen molar-refractivity contribution in [1.29, 1.82) is 0 Å². The molecule has 0 radical (unpaired) electrons. The predicted molar refractivity (Wildman–Crippen MR) is 122 cm³/mol. The standard InChI is InChI=1S/C23H27Cl2NO5/c1-5-26(19-12-9-16(24)14-18(19)25)22(29)23(3,4)31-17-10-7-15(8-11-17)13-20(21(27)28)30-6-2/h7-12,14,20H,5-6,13H2,1-4H3,(H,27,28)/t20-/m0/s1. The molecule has 0 unspecified atom stereocenters. The summed E-state index contributed by atoms with van der Waals surface area (Å²) in [7, 11) is 0. The fraction of sp³-hybridized carbons (Fsp3) is 0.391. The number of carboxylic acids is 1. The highest BCUT2D eigenvalue weighted by Gasteiger charge is 2.35. The second-order valence-corrected chi connectivity index (χ2v) is 8.23. The lowest BCUT2D eigenvalue weighted by Gasteiger charge is -2.32. The topological polar surface area (TPSA) is 76.1 Å². The van der Waals surface area contributed by atoms with Crippen molar-refractivity contribution in [2.75, 3.05) is 18.1 Å². The molecule has 2 aromatic carbocycles. The summed E-state index contributed by atoms with van der Waals surface area (Å²) < 4.78 is 11.2. The van der Waals surface area contributed by atoms with E-state index in [0.717, 1.165) is 5.56 Å². The molecule has 1 N–H and O–H groups in total. The van der Waals surface area contributed by atoms with Crippen molar-refractivity contribution < 1.29 is 24.2 Å². The second-order valence-electron chi connectivity index (χ2n) is 7.39. The molecule has 0 saturated carbocycles. The molecule has 0 aliphatic rings. The van der Waals surface area contributed by atoms with Gasteiger partial charge in [0, 0.05) is 24.6 Å². The molecule has 0 fully saturated rings. The molecular formula is C23H27Cl2NO5. The highest BCUT2D eigenvalue weighted by atomic mass is 35.5. The molecule has 1 amide bonds. The summed E-state index contributed by atoms with van der Waals surface area (Å²) in [6, 6.07) is 11.9. The van der Waals surface area contributed by atoms with Gasteiger partial charge in [-0.05, 0) is 63.6 Å². The van der Waals surface area contributed by atoms with Crippen LogP contribution >= 0.6 is 23.2 Å². The summed E-state index contributed by atoms with van der Waals surface area (Å²) in [5, 5.41) is 10.1. The number of carbonyl (C=O) groups is 2. The number of carboxylic acid groups (broad SMARTS) is 1. The van der Waals surface area contributed by atoms with E-state index in [2.05, 4.69) is 0 Å². The van der Waals surface area contributed by atoms with Crippen LogP contribution in [0.2, 0.25) is 10.0 Å². The normalized spacial score (nSPS) is 12.3. The molecule has 0 heterocycles. The van der Waals surface area contributed by atoms with E-state index < -0.39 is 17.7 Å². The Morgan fingerprint density at radius 1 is 1.10 bits per heavy atom. The van der Waals surface area contributed by atoms with Crippen LogP contribution in [0.25, 0.3) is 0 Å². The van der Waals surface area contributed by atoms with Gasteiger partial charge in [-0.2, -0.15) is 0 Å². The number of hydrogen-bond acceptors (Lipinski definition) is 4. The number of hydrogen-bond donors (Lipinski definition) is 1. The zero-order valence-electron chi connectivity index (χ0n) is 18.0. The number of benzene rings is 2. The first-order valence-corrected chi connectivity index (χ1v) is 10.7. The lowest BCUT2D eigenvalue weighted by atomic mass is 10.1. The summed E-state index contributed by atoms with van der Waals surface area (Å²) in [4.78, 5) is 26.0. The SMILES string of the molecule is CCO[C@@H](Cc1ccc(OC(C)(C)C(=O)N(CC)c2ccc(Cl)cc2Cl)cc1)C(=O)O. The van der Waals surface area contributed by atoms with Gasteiger partial charge >= 0.3 is 5.97 Å². The van der Waals surface area contributed by atoms with Crippen LogP contribution in [0.4, 0.5) is 5.69 Å². The highest BCUT2D eigenvalue weighted by molar-refractivity contribution is 6.36. The maximum Gasteiger partial charge on any atom is 0.333 e. The molecule has 0 spiro atoms. The number of likely N-dealkylation sites (N-methyl/N-ethyl adjacent to an activating group) is 1. The van der Waals surface area contributed by atoms with Gasteiger partial charge in [-0.15, -0.1) is 0 Å². The Balaban J connectivity index is 2.14. The quantitative estimate of drug-likeness (QED) is 0.517. The minimum Gasteiger partial charge on any atom is -0.479 e. The van der Waals surface area contributed by atoms with E-state index in [4.69, 9.17) is 32.7 Å². The summed E-state index contributed by atoms with van der Waals surface area (Å²) in [5.74, 6) is -0.774. The van der Waals surface area contributed by atoms with Crippen molar-refractivity contribution in [3.63, 3.8) is 0 Å². The molecular weight excluding hydrogens is 441 g/mol. The Kier molecular flexibility index (Phi) is 8.74. The van der Waals surface area contributed by atoms with Gasteiger partial charge in [0.2, 0.25) is 0 Å². The first-order chi connectivity index (χ1) is 14.6. The van der Waals surface area contributed by atoms with Crippen LogP contribution in [0, 0.1) is 0 Å². The van der Waals surface area contributed by atoms with Crippen molar-refractivity contribution >= 4 is 40.8 Å². The van der Waals surface area contributed by atoms with E-state index in [1.54, 1.807) is 68.1 Å². The number of halogens is 2. The lowest BCUT2D eigenvalue weighted by Crippen LogP contribution is -2.49. The minimum absolute atomic E-state index is 0.241. The van der Waals surface area contributed by atoms with E-state index in [9.17, 15) is 14.7 Å². The number of ether oxygens (including phenoxy) is 2. The monoisotopic (exact) mass is 467 g/mol. The summed E-state index contributed by atoms with van der Waals surface area (Å²) in [5.41, 5.74) is 0.178. The number of amides is 1. The van der Waals surface area contributed by atoms with Gasteiger partial charge < -0.3 is 19.5 Å². The Hall–Kier alpha value is -2.28. The van der Waals surface area contributed by atoms with E-state index >= 15 is 0 Å². The van der Waals surface area contributed by atoms with Gasteiger partial charge in [-0.25, -0.2) is 4.79 Å². The van der Waals surface area contributed by atoms with Crippen LogP contribution < -0.4 is 9.64 Å². The van der Waals surface area contributed by atoms with Crippen molar-refractivity contribution in [3.05, 3.63) is 58.1 Å². The number of nitrogens with zero attached hydrogens (tertiary/aromatic N) is 1. The number of aliphatic carboxylic acids is 1. The van der Waals surface area contributed by atoms with Gasteiger partial charge in [-0.3, -0.25) is 4.79 Å². The highest BCUT2D eigenvalue weighted by Crippen LogP contribution is 2.31.